The number of furan rings is 1. The lowest BCUT2D eigenvalue weighted by molar-refractivity contribution is 0.0697. The molecule has 1 heterocycles. The SMILES string of the molecule is O=C(O)c1cc(-c2ccc(C=Nc3ccccc3)o2)ccc1Cl. The van der Waals surface area contributed by atoms with Gasteiger partial charge in [0, 0.05) is 5.56 Å². The number of carboxylic acid groups (broad SMARTS) is 1. The first-order valence-electron chi connectivity index (χ1n) is 6.85. The van der Waals surface area contributed by atoms with Gasteiger partial charge in [0.15, 0.2) is 0 Å². The van der Waals surface area contributed by atoms with E-state index < -0.39 is 5.97 Å². The van der Waals surface area contributed by atoms with Crippen molar-refractivity contribution < 1.29 is 14.3 Å². The number of aliphatic imine (C=N–C) groups is 1. The summed E-state index contributed by atoms with van der Waals surface area (Å²) in [5, 5.41) is 9.31. The summed E-state index contributed by atoms with van der Waals surface area (Å²) in [6.07, 6.45) is 1.62. The third kappa shape index (κ3) is 3.49. The standard InChI is InChI=1S/C18H12ClNO3/c19-16-8-6-12(10-15(16)18(21)22)17-9-7-14(23-17)11-20-13-4-2-1-3-5-13/h1-11H,(H,21,22). The summed E-state index contributed by atoms with van der Waals surface area (Å²) < 4.78 is 5.68. The molecule has 0 unspecified atom stereocenters. The van der Waals surface area contributed by atoms with Crippen molar-refractivity contribution in [2.75, 3.05) is 0 Å². The molecule has 5 heteroatoms. The number of aromatic carboxylic acids is 1. The molecular formula is C18H12ClNO3. The van der Waals surface area contributed by atoms with Crippen LogP contribution in [-0.4, -0.2) is 17.3 Å². The zero-order valence-corrected chi connectivity index (χ0v) is 12.7. The zero-order valence-electron chi connectivity index (χ0n) is 11.9. The van der Waals surface area contributed by atoms with Crippen LogP contribution in [0.4, 0.5) is 5.69 Å². The molecule has 3 rings (SSSR count). The van der Waals surface area contributed by atoms with Gasteiger partial charge in [-0.3, -0.25) is 4.99 Å². The Labute approximate surface area is 137 Å². The molecule has 1 N–H and O–H groups in total. The Morgan fingerprint density at radius 3 is 2.61 bits per heavy atom. The predicted molar refractivity (Wildman–Crippen MR) is 89.8 cm³/mol. The van der Waals surface area contributed by atoms with Crippen molar-refractivity contribution in [1.82, 2.24) is 0 Å². The molecule has 2 aromatic carbocycles. The second-order valence-electron chi connectivity index (χ2n) is 4.80. The number of carboxylic acids is 1. The van der Waals surface area contributed by atoms with E-state index in [4.69, 9.17) is 21.1 Å². The summed E-state index contributed by atoms with van der Waals surface area (Å²) in [7, 11) is 0. The number of rotatable bonds is 4. The maximum absolute atomic E-state index is 11.1. The van der Waals surface area contributed by atoms with Crippen LogP contribution in [0.5, 0.6) is 0 Å². The van der Waals surface area contributed by atoms with Crippen LogP contribution >= 0.6 is 11.6 Å². The third-order valence-electron chi connectivity index (χ3n) is 3.21. The minimum atomic E-state index is -1.07. The van der Waals surface area contributed by atoms with Crippen molar-refractivity contribution in [3.63, 3.8) is 0 Å². The van der Waals surface area contributed by atoms with E-state index in [-0.39, 0.29) is 10.6 Å². The molecule has 23 heavy (non-hydrogen) atoms. The van der Waals surface area contributed by atoms with Crippen molar-refractivity contribution in [2.24, 2.45) is 4.99 Å². The van der Waals surface area contributed by atoms with E-state index >= 15 is 0 Å². The lowest BCUT2D eigenvalue weighted by Crippen LogP contribution is -1.97. The Hall–Kier alpha value is -2.85. The normalized spacial score (nSPS) is 11.0. The Morgan fingerprint density at radius 1 is 1.09 bits per heavy atom. The van der Waals surface area contributed by atoms with Crippen molar-refractivity contribution in [2.45, 2.75) is 0 Å². The quantitative estimate of drug-likeness (QED) is 0.683. The van der Waals surface area contributed by atoms with E-state index in [1.165, 1.54) is 6.07 Å². The van der Waals surface area contributed by atoms with Crippen molar-refractivity contribution >= 4 is 29.5 Å². The highest BCUT2D eigenvalue weighted by Crippen LogP contribution is 2.26. The average Bonchev–Trinajstić information content (AvgIpc) is 3.03. The van der Waals surface area contributed by atoms with E-state index in [1.54, 1.807) is 30.5 Å². The number of nitrogens with zero attached hydrogens (tertiary/aromatic N) is 1. The maximum Gasteiger partial charge on any atom is 0.337 e. The molecule has 0 radical (unpaired) electrons. The van der Waals surface area contributed by atoms with Crippen molar-refractivity contribution in [3.8, 4) is 11.3 Å². The molecule has 4 nitrogen and oxygen atoms in total. The fourth-order valence-corrected chi connectivity index (χ4v) is 2.27. The number of carbonyl (C=O) groups is 1. The van der Waals surface area contributed by atoms with Gasteiger partial charge >= 0.3 is 5.97 Å². The summed E-state index contributed by atoms with van der Waals surface area (Å²) in [6, 6.07) is 17.8. The van der Waals surface area contributed by atoms with Gasteiger partial charge in [-0.15, -0.1) is 0 Å². The molecule has 0 aliphatic rings. The average molecular weight is 326 g/mol. The van der Waals surface area contributed by atoms with E-state index in [2.05, 4.69) is 4.99 Å². The van der Waals surface area contributed by atoms with Crippen molar-refractivity contribution in [3.05, 3.63) is 77.0 Å². The van der Waals surface area contributed by atoms with Gasteiger partial charge in [-0.05, 0) is 42.5 Å². The Morgan fingerprint density at radius 2 is 1.87 bits per heavy atom. The molecule has 0 amide bonds. The van der Waals surface area contributed by atoms with Gasteiger partial charge in [-0.1, -0.05) is 29.8 Å². The van der Waals surface area contributed by atoms with E-state index in [9.17, 15) is 4.79 Å². The Kier molecular flexibility index (Phi) is 4.26. The summed E-state index contributed by atoms with van der Waals surface area (Å²) in [4.78, 5) is 15.4. The van der Waals surface area contributed by atoms with Crippen LogP contribution in [0.2, 0.25) is 5.02 Å². The summed E-state index contributed by atoms with van der Waals surface area (Å²) in [6.45, 7) is 0. The molecule has 1 aromatic heterocycles. The minimum absolute atomic E-state index is 0.0417. The van der Waals surface area contributed by atoms with Crippen molar-refractivity contribution in [1.29, 1.82) is 0 Å². The largest absolute Gasteiger partial charge is 0.478 e. The predicted octanol–water partition coefficient (Wildman–Crippen LogP) is 5.05. The van der Waals surface area contributed by atoms with Crippen LogP contribution < -0.4 is 0 Å². The van der Waals surface area contributed by atoms with E-state index in [0.717, 1.165) is 5.69 Å². The first-order chi connectivity index (χ1) is 11.1. The molecular weight excluding hydrogens is 314 g/mol. The lowest BCUT2D eigenvalue weighted by atomic mass is 10.1. The highest BCUT2D eigenvalue weighted by atomic mass is 35.5. The molecule has 0 atom stereocenters. The molecule has 3 aromatic rings. The Bertz CT molecular complexity index is 869. The second kappa shape index (κ2) is 6.50. The molecule has 0 aliphatic carbocycles. The second-order valence-corrected chi connectivity index (χ2v) is 5.20. The van der Waals surface area contributed by atoms with Crippen LogP contribution in [0.1, 0.15) is 16.1 Å². The number of para-hydroxylation sites is 1. The number of hydrogen-bond acceptors (Lipinski definition) is 3. The smallest absolute Gasteiger partial charge is 0.337 e. The number of hydrogen-bond donors (Lipinski definition) is 1. The summed E-state index contributed by atoms with van der Waals surface area (Å²) in [5.41, 5.74) is 1.51. The van der Waals surface area contributed by atoms with Gasteiger partial charge < -0.3 is 9.52 Å². The maximum atomic E-state index is 11.1. The summed E-state index contributed by atoms with van der Waals surface area (Å²) >= 11 is 5.87. The molecule has 0 spiro atoms. The van der Waals surface area contributed by atoms with Crippen LogP contribution in [0.25, 0.3) is 11.3 Å². The highest BCUT2D eigenvalue weighted by molar-refractivity contribution is 6.33. The van der Waals surface area contributed by atoms with Gasteiger partial charge in [-0.25, -0.2) is 4.79 Å². The number of halogens is 1. The molecule has 0 saturated heterocycles. The Balaban J connectivity index is 1.86. The first kappa shape index (κ1) is 15.1. The van der Waals surface area contributed by atoms with Crippen LogP contribution in [0.3, 0.4) is 0 Å². The lowest BCUT2D eigenvalue weighted by Gasteiger charge is -2.01. The van der Waals surface area contributed by atoms with E-state index in [1.807, 2.05) is 30.3 Å². The molecule has 0 saturated carbocycles. The van der Waals surface area contributed by atoms with Crippen LogP contribution in [-0.2, 0) is 0 Å². The zero-order chi connectivity index (χ0) is 16.2. The molecule has 114 valence electrons. The summed E-state index contributed by atoms with van der Waals surface area (Å²) in [5.74, 6) is 0.0589. The fourth-order valence-electron chi connectivity index (χ4n) is 2.07. The molecule has 0 fully saturated rings. The third-order valence-corrected chi connectivity index (χ3v) is 3.53. The van der Waals surface area contributed by atoms with Gasteiger partial charge in [0.2, 0.25) is 0 Å². The van der Waals surface area contributed by atoms with E-state index in [0.29, 0.717) is 17.1 Å². The number of benzene rings is 2. The van der Waals surface area contributed by atoms with Gasteiger partial charge in [-0.2, -0.15) is 0 Å². The topological polar surface area (TPSA) is 62.8 Å². The highest BCUT2D eigenvalue weighted by Gasteiger charge is 2.12. The van der Waals surface area contributed by atoms with Gasteiger partial charge in [0.1, 0.15) is 11.5 Å². The van der Waals surface area contributed by atoms with Gasteiger partial charge in [0.05, 0.1) is 22.5 Å². The van der Waals surface area contributed by atoms with Crippen LogP contribution in [0.15, 0.2) is 70.1 Å². The first-order valence-corrected chi connectivity index (χ1v) is 7.23. The minimum Gasteiger partial charge on any atom is -0.478 e. The molecule has 0 bridgehead atoms. The monoisotopic (exact) mass is 325 g/mol. The molecule has 0 aliphatic heterocycles. The van der Waals surface area contributed by atoms with Crippen LogP contribution in [0, 0.1) is 0 Å². The fraction of sp³-hybridized carbons (Fsp3) is 0. The van der Waals surface area contributed by atoms with Gasteiger partial charge in [0.25, 0.3) is 0 Å².